The first kappa shape index (κ1) is 21.7. The maximum atomic E-state index is 13.3. The highest BCUT2D eigenvalue weighted by Crippen LogP contribution is 2.51. The molecule has 33 heavy (non-hydrogen) atoms. The second-order valence-electron chi connectivity index (χ2n) is 8.18. The minimum absolute atomic E-state index is 0.0129. The number of carbonyl (C=O) groups is 1. The average Bonchev–Trinajstić information content (AvgIpc) is 3.40. The topological polar surface area (TPSA) is 111 Å². The van der Waals surface area contributed by atoms with Crippen LogP contribution in [0.3, 0.4) is 0 Å². The van der Waals surface area contributed by atoms with Gasteiger partial charge in [-0.05, 0) is 36.8 Å². The molecule has 3 aromatic carbocycles. The molecule has 8 nitrogen and oxygen atoms in total. The Morgan fingerprint density at radius 1 is 1.09 bits per heavy atom. The molecule has 1 heterocycles. The molecular weight excluding hydrogens is 446 g/mol. The van der Waals surface area contributed by atoms with Gasteiger partial charge in [-0.2, -0.15) is 0 Å². The smallest absolute Gasteiger partial charge is 0.396 e. The highest BCUT2D eigenvalue weighted by atomic mass is 32.2. The third kappa shape index (κ3) is 3.62. The first-order valence-corrected chi connectivity index (χ1v) is 12.1. The molecule has 2 aliphatic rings. The second kappa shape index (κ2) is 8.02. The van der Waals surface area contributed by atoms with Crippen molar-refractivity contribution in [2.75, 3.05) is 7.11 Å². The van der Waals surface area contributed by atoms with E-state index in [0.29, 0.717) is 16.5 Å². The lowest BCUT2D eigenvalue weighted by molar-refractivity contribution is -0.207. The molecular formula is C24H23NO7S. The standard InChI is InChI=1S/C24H23NO7S/c1-30-24(23(26)27,25-33(28,29)21-14-4-8-15-7-2-3-9-16(15)21)32-20-13-6-11-18-17-10-5-12-19(17)31-22(18)20/h2-4,6-9,11,13-14,17,19,25H,5,10,12H2,1H3,(H,26,27). The van der Waals surface area contributed by atoms with Gasteiger partial charge in [-0.15, -0.1) is 4.72 Å². The molecule has 5 rings (SSSR count). The molecule has 0 radical (unpaired) electrons. The summed E-state index contributed by atoms with van der Waals surface area (Å²) in [6.07, 6.45) is 2.95. The van der Waals surface area contributed by atoms with Gasteiger partial charge in [-0.3, -0.25) is 0 Å². The Balaban J connectivity index is 1.54. The van der Waals surface area contributed by atoms with Crippen LogP contribution in [0.25, 0.3) is 10.8 Å². The molecule has 0 aromatic heterocycles. The third-order valence-corrected chi connectivity index (χ3v) is 7.73. The van der Waals surface area contributed by atoms with E-state index in [9.17, 15) is 18.3 Å². The number of sulfonamides is 1. The van der Waals surface area contributed by atoms with Gasteiger partial charge in [0.1, 0.15) is 6.10 Å². The number of benzene rings is 3. The van der Waals surface area contributed by atoms with Crippen LogP contribution in [0.2, 0.25) is 0 Å². The van der Waals surface area contributed by atoms with Crippen LogP contribution in [-0.2, 0) is 19.6 Å². The summed E-state index contributed by atoms with van der Waals surface area (Å²) in [5.74, 6) is -3.60. The molecule has 1 aliphatic heterocycles. The number of carboxylic acid groups (broad SMARTS) is 1. The summed E-state index contributed by atoms with van der Waals surface area (Å²) in [6.45, 7) is 0. The Morgan fingerprint density at radius 2 is 1.85 bits per heavy atom. The van der Waals surface area contributed by atoms with Crippen LogP contribution >= 0.6 is 0 Å². The molecule has 0 saturated heterocycles. The van der Waals surface area contributed by atoms with Gasteiger partial charge in [0.25, 0.3) is 0 Å². The molecule has 172 valence electrons. The molecule has 9 heteroatoms. The van der Waals surface area contributed by atoms with Crippen LogP contribution in [0.15, 0.2) is 65.6 Å². The summed E-state index contributed by atoms with van der Waals surface area (Å²) in [7, 11) is -3.30. The van der Waals surface area contributed by atoms with Crippen molar-refractivity contribution in [1.82, 2.24) is 4.72 Å². The predicted octanol–water partition coefficient (Wildman–Crippen LogP) is 3.61. The SMILES string of the molecule is COC(NS(=O)(=O)c1cccc2ccccc12)(Oc1cccc2c1OC1CCCC21)C(=O)O. The fraction of sp³-hybridized carbons (Fsp3) is 0.292. The van der Waals surface area contributed by atoms with Crippen molar-refractivity contribution in [2.45, 2.75) is 42.1 Å². The number of para-hydroxylation sites is 1. The zero-order valence-corrected chi connectivity index (χ0v) is 18.7. The van der Waals surface area contributed by atoms with E-state index < -0.39 is 21.9 Å². The Morgan fingerprint density at radius 3 is 2.64 bits per heavy atom. The highest BCUT2D eigenvalue weighted by Gasteiger charge is 2.48. The Kier molecular flexibility index (Phi) is 5.27. The van der Waals surface area contributed by atoms with Crippen LogP contribution in [0.1, 0.15) is 30.7 Å². The van der Waals surface area contributed by atoms with Crippen LogP contribution in [0.4, 0.5) is 0 Å². The van der Waals surface area contributed by atoms with Gasteiger partial charge in [0.2, 0.25) is 10.0 Å². The van der Waals surface area contributed by atoms with Gasteiger partial charge in [0, 0.05) is 24.0 Å². The lowest BCUT2D eigenvalue weighted by atomic mass is 9.97. The molecule has 1 aliphatic carbocycles. The summed E-state index contributed by atoms with van der Waals surface area (Å²) >= 11 is 0. The quantitative estimate of drug-likeness (QED) is 0.509. The molecule has 1 fully saturated rings. The average molecular weight is 470 g/mol. The van der Waals surface area contributed by atoms with Gasteiger partial charge in [0.15, 0.2) is 11.5 Å². The molecule has 2 N–H and O–H groups in total. The zero-order valence-electron chi connectivity index (χ0n) is 17.9. The van der Waals surface area contributed by atoms with Crippen molar-refractivity contribution in [1.29, 1.82) is 0 Å². The highest BCUT2D eigenvalue weighted by molar-refractivity contribution is 7.89. The Labute approximate surface area is 191 Å². The van der Waals surface area contributed by atoms with Crippen molar-refractivity contribution >= 4 is 26.8 Å². The molecule has 0 amide bonds. The van der Waals surface area contributed by atoms with Crippen molar-refractivity contribution < 1.29 is 32.5 Å². The number of ether oxygens (including phenoxy) is 3. The van der Waals surface area contributed by atoms with Gasteiger partial charge in [0.05, 0.1) is 4.90 Å². The summed E-state index contributed by atoms with van der Waals surface area (Å²) in [6, 6.07) is 16.9. The third-order valence-electron chi connectivity index (χ3n) is 6.26. The van der Waals surface area contributed by atoms with Crippen LogP contribution in [-0.4, -0.2) is 38.6 Å². The predicted molar refractivity (Wildman–Crippen MR) is 120 cm³/mol. The molecule has 1 saturated carbocycles. The van der Waals surface area contributed by atoms with E-state index in [1.165, 1.54) is 6.07 Å². The van der Waals surface area contributed by atoms with Gasteiger partial charge in [-0.1, -0.05) is 48.5 Å². The fourth-order valence-electron chi connectivity index (χ4n) is 4.70. The zero-order chi connectivity index (χ0) is 23.2. The number of rotatable bonds is 7. The van der Waals surface area contributed by atoms with E-state index in [1.807, 2.05) is 6.07 Å². The second-order valence-corrected chi connectivity index (χ2v) is 9.83. The number of methoxy groups -OCH3 is 1. The van der Waals surface area contributed by atoms with Crippen molar-refractivity contribution in [2.24, 2.45) is 0 Å². The maximum Gasteiger partial charge on any atom is 0.396 e. The number of nitrogens with one attached hydrogen (secondary N) is 1. The van der Waals surface area contributed by atoms with Crippen LogP contribution in [0.5, 0.6) is 11.5 Å². The number of fused-ring (bicyclic) bond motifs is 4. The van der Waals surface area contributed by atoms with Gasteiger partial charge in [-0.25, -0.2) is 13.2 Å². The van der Waals surface area contributed by atoms with Crippen LogP contribution in [0, 0.1) is 0 Å². The van der Waals surface area contributed by atoms with E-state index in [1.54, 1.807) is 48.5 Å². The minimum atomic E-state index is -4.37. The summed E-state index contributed by atoms with van der Waals surface area (Å²) in [5.41, 5.74) is 0.933. The lowest BCUT2D eigenvalue weighted by Gasteiger charge is -2.29. The van der Waals surface area contributed by atoms with E-state index in [2.05, 4.69) is 4.72 Å². The number of hydrogen-bond donors (Lipinski definition) is 2. The number of aliphatic carboxylic acids is 1. The van der Waals surface area contributed by atoms with E-state index in [0.717, 1.165) is 31.9 Å². The summed E-state index contributed by atoms with van der Waals surface area (Å²) in [5, 5.41) is 11.1. The fourth-order valence-corrected chi connectivity index (χ4v) is 6.11. The molecule has 0 bridgehead atoms. The first-order valence-electron chi connectivity index (χ1n) is 10.6. The molecule has 3 atom stereocenters. The molecule has 0 spiro atoms. The van der Waals surface area contributed by atoms with Crippen molar-refractivity contribution in [3.8, 4) is 11.5 Å². The first-order chi connectivity index (χ1) is 15.8. The van der Waals surface area contributed by atoms with Gasteiger partial charge >= 0.3 is 11.9 Å². The Bertz CT molecular complexity index is 1330. The normalized spacial score (nSPS) is 21.1. The number of hydrogen-bond acceptors (Lipinski definition) is 6. The molecule has 3 unspecified atom stereocenters. The monoisotopic (exact) mass is 469 g/mol. The summed E-state index contributed by atoms with van der Waals surface area (Å²) in [4.78, 5) is 12.2. The largest absolute Gasteiger partial charge is 0.486 e. The lowest BCUT2D eigenvalue weighted by Crippen LogP contribution is -2.60. The van der Waals surface area contributed by atoms with Gasteiger partial charge < -0.3 is 19.3 Å². The van der Waals surface area contributed by atoms with Crippen molar-refractivity contribution in [3.63, 3.8) is 0 Å². The molecule has 3 aromatic rings. The minimum Gasteiger partial charge on any atom is -0.486 e. The number of carboxylic acids is 1. The summed E-state index contributed by atoms with van der Waals surface area (Å²) < 4.78 is 45.8. The van der Waals surface area contributed by atoms with Crippen LogP contribution < -0.4 is 14.2 Å². The maximum absolute atomic E-state index is 13.3. The van der Waals surface area contributed by atoms with E-state index in [4.69, 9.17) is 14.2 Å². The van der Waals surface area contributed by atoms with E-state index >= 15 is 0 Å². The Hall–Kier alpha value is -3.14. The van der Waals surface area contributed by atoms with Crippen molar-refractivity contribution in [3.05, 3.63) is 66.2 Å². The van der Waals surface area contributed by atoms with E-state index in [-0.39, 0.29) is 22.7 Å².